The van der Waals surface area contributed by atoms with Crippen LogP contribution in [-0.4, -0.2) is 16.0 Å². The summed E-state index contributed by atoms with van der Waals surface area (Å²) in [6, 6.07) is 15.5. The van der Waals surface area contributed by atoms with Crippen molar-refractivity contribution in [3.05, 3.63) is 95.3 Å². The van der Waals surface area contributed by atoms with E-state index in [-0.39, 0.29) is 11.8 Å². The van der Waals surface area contributed by atoms with Crippen LogP contribution in [-0.2, 0) is 12.4 Å². The lowest BCUT2D eigenvalue weighted by molar-refractivity contribution is -0.143. The Hall–Kier alpha value is -4.81. The first-order chi connectivity index (χ1) is 18.7. The number of carbonyl (C=O) groups is 1. The van der Waals surface area contributed by atoms with Crippen molar-refractivity contribution >= 4 is 40.4 Å². The van der Waals surface area contributed by atoms with E-state index >= 15 is 0 Å². The Labute approximate surface area is 224 Å². The van der Waals surface area contributed by atoms with Gasteiger partial charge in [-0.1, -0.05) is 17.7 Å². The molecule has 3 aromatic carbocycles. The molecule has 0 bridgehead atoms. The van der Waals surface area contributed by atoms with Crippen LogP contribution in [0.15, 0.2) is 72.8 Å². The largest absolute Gasteiger partial charge is 0.416 e. The molecule has 13 heteroatoms. The number of benzene rings is 3. The topological polar surface area (TPSA) is 91.0 Å². The Balaban J connectivity index is 1.42. The summed E-state index contributed by atoms with van der Waals surface area (Å²) in [6.07, 6.45) is -10.1. The van der Waals surface area contributed by atoms with Crippen LogP contribution < -0.4 is 21.3 Å². The second-order valence-electron chi connectivity index (χ2n) is 8.75. The molecule has 0 fully saturated rings. The summed E-state index contributed by atoms with van der Waals surface area (Å²) in [5, 5.41) is 10.7. The number of aromatic nitrogens is 2. The van der Waals surface area contributed by atoms with Crippen LogP contribution in [0.2, 0.25) is 0 Å². The standard InChI is InChI=1S/C27H22F6N6O/c1-15-3-5-19(6-4-15)36-23-14-24(35-16(2)34-23)37-20-7-9-21(10-8-20)38-25(40)39-22-12-17(26(28,29)30)11-18(13-22)27(31,32)33/h3-14H,1-2H3,(H2,38,39,40)(H2,34,35,36,37). The van der Waals surface area contributed by atoms with Gasteiger partial charge in [0.15, 0.2) is 0 Å². The average molecular weight is 561 g/mol. The zero-order valence-electron chi connectivity index (χ0n) is 21.0. The smallest absolute Gasteiger partial charge is 0.340 e. The minimum Gasteiger partial charge on any atom is -0.340 e. The van der Waals surface area contributed by atoms with Gasteiger partial charge in [0.2, 0.25) is 0 Å². The van der Waals surface area contributed by atoms with E-state index in [9.17, 15) is 31.1 Å². The quantitative estimate of drug-likeness (QED) is 0.178. The Bertz CT molecular complexity index is 1470. The highest BCUT2D eigenvalue weighted by Gasteiger charge is 2.37. The molecule has 0 saturated carbocycles. The summed E-state index contributed by atoms with van der Waals surface area (Å²) in [5.41, 5.74) is -0.927. The van der Waals surface area contributed by atoms with Crippen LogP contribution in [0.3, 0.4) is 0 Å². The zero-order chi connectivity index (χ0) is 29.1. The molecular weight excluding hydrogens is 538 g/mol. The average Bonchev–Trinajstić information content (AvgIpc) is 2.85. The third kappa shape index (κ3) is 7.62. The van der Waals surface area contributed by atoms with Crippen LogP contribution in [0.5, 0.6) is 0 Å². The number of urea groups is 1. The third-order valence-electron chi connectivity index (χ3n) is 5.42. The number of nitrogens with one attached hydrogen (secondary N) is 4. The molecule has 40 heavy (non-hydrogen) atoms. The lowest BCUT2D eigenvalue weighted by Crippen LogP contribution is -2.20. The number of aryl methyl sites for hydroxylation is 2. The Morgan fingerprint density at radius 1 is 0.600 bits per heavy atom. The molecule has 4 rings (SSSR count). The molecule has 1 heterocycles. The van der Waals surface area contributed by atoms with Crippen molar-refractivity contribution in [3.63, 3.8) is 0 Å². The molecular formula is C27H22F6N6O. The van der Waals surface area contributed by atoms with E-state index in [4.69, 9.17) is 0 Å². The third-order valence-corrected chi connectivity index (χ3v) is 5.42. The van der Waals surface area contributed by atoms with Crippen LogP contribution in [0.4, 0.5) is 65.5 Å². The molecule has 0 aliphatic carbocycles. The first-order valence-electron chi connectivity index (χ1n) is 11.7. The Morgan fingerprint density at radius 3 is 1.50 bits per heavy atom. The van der Waals surface area contributed by atoms with Gasteiger partial charge in [0.25, 0.3) is 0 Å². The lowest BCUT2D eigenvalue weighted by Gasteiger charge is -2.15. The number of rotatable bonds is 6. The number of alkyl halides is 6. The number of hydrogen-bond donors (Lipinski definition) is 4. The van der Waals surface area contributed by atoms with Gasteiger partial charge in [-0.25, -0.2) is 14.8 Å². The summed E-state index contributed by atoms with van der Waals surface area (Å²) in [5.74, 6) is 1.57. The summed E-state index contributed by atoms with van der Waals surface area (Å²) in [6.45, 7) is 3.72. The van der Waals surface area contributed by atoms with E-state index in [0.717, 1.165) is 11.3 Å². The molecule has 0 atom stereocenters. The molecule has 0 saturated heterocycles. The molecule has 0 unspecified atom stereocenters. The van der Waals surface area contributed by atoms with Gasteiger partial charge < -0.3 is 21.3 Å². The first-order valence-corrected chi connectivity index (χ1v) is 11.7. The monoisotopic (exact) mass is 560 g/mol. The summed E-state index contributed by atoms with van der Waals surface area (Å²) < 4.78 is 78.3. The number of anilines is 6. The molecule has 4 aromatic rings. The van der Waals surface area contributed by atoms with Crippen molar-refractivity contribution in [2.75, 3.05) is 21.3 Å². The molecule has 0 spiro atoms. The van der Waals surface area contributed by atoms with E-state index in [1.165, 1.54) is 12.1 Å². The molecule has 0 aliphatic heterocycles. The van der Waals surface area contributed by atoms with Gasteiger partial charge in [0, 0.05) is 28.8 Å². The van der Waals surface area contributed by atoms with Crippen molar-refractivity contribution < 1.29 is 31.1 Å². The second kappa shape index (κ2) is 11.1. The van der Waals surface area contributed by atoms with Crippen molar-refractivity contribution in [3.8, 4) is 0 Å². The van der Waals surface area contributed by atoms with E-state index in [2.05, 4.69) is 25.9 Å². The summed E-state index contributed by atoms with van der Waals surface area (Å²) >= 11 is 0. The fourth-order valence-corrected chi connectivity index (χ4v) is 3.59. The maximum absolute atomic E-state index is 13.1. The molecule has 0 radical (unpaired) electrons. The second-order valence-corrected chi connectivity index (χ2v) is 8.75. The predicted octanol–water partition coefficient (Wildman–Crippen LogP) is 8.26. The van der Waals surface area contributed by atoms with Crippen molar-refractivity contribution in [1.29, 1.82) is 0 Å². The van der Waals surface area contributed by atoms with E-state index in [1.54, 1.807) is 25.1 Å². The Morgan fingerprint density at radius 2 is 1.02 bits per heavy atom. The van der Waals surface area contributed by atoms with Gasteiger partial charge in [-0.05, 0) is 68.4 Å². The summed E-state index contributed by atoms with van der Waals surface area (Å²) in [4.78, 5) is 21.0. The molecule has 208 valence electrons. The van der Waals surface area contributed by atoms with Crippen LogP contribution in [0.1, 0.15) is 22.5 Å². The lowest BCUT2D eigenvalue weighted by atomic mass is 10.1. The fourth-order valence-electron chi connectivity index (χ4n) is 3.59. The van der Waals surface area contributed by atoms with Gasteiger partial charge in [0.05, 0.1) is 11.1 Å². The van der Waals surface area contributed by atoms with Gasteiger partial charge in [0.1, 0.15) is 17.5 Å². The van der Waals surface area contributed by atoms with Crippen molar-refractivity contribution in [1.82, 2.24) is 9.97 Å². The van der Waals surface area contributed by atoms with E-state index < -0.39 is 35.2 Å². The van der Waals surface area contributed by atoms with Crippen molar-refractivity contribution in [2.45, 2.75) is 26.2 Å². The highest BCUT2D eigenvalue weighted by atomic mass is 19.4. The number of carbonyl (C=O) groups excluding carboxylic acids is 1. The number of amides is 2. The van der Waals surface area contributed by atoms with Gasteiger partial charge in [-0.15, -0.1) is 0 Å². The molecule has 7 nitrogen and oxygen atoms in total. The van der Waals surface area contributed by atoms with Crippen LogP contribution in [0.25, 0.3) is 0 Å². The zero-order valence-corrected chi connectivity index (χ0v) is 21.0. The van der Waals surface area contributed by atoms with E-state index in [1.807, 2.05) is 36.5 Å². The van der Waals surface area contributed by atoms with E-state index in [0.29, 0.717) is 35.3 Å². The fraction of sp³-hybridized carbons (Fsp3) is 0.148. The minimum atomic E-state index is -5.03. The van der Waals surface area contributed by atoms with Gasteiger partial charge >= 0.3 is 18.4 Å². The molecule has 4 N–H and O–H groups in total. The number of hydrogen-bond acceptors (Lipinski definition) is 5. The predicted molar refractivity (Wildman–Crippen MR) is 140 cm³/mol. The minimum absolute atomic E-state index is 0.0184. The maximum Gasteiger partial charge on any atom is 0.416 e. The maximum atomic E-state index is 13.1. The highest BCUT2D eigenvalue weighted by Crippen LogP contribution is 2.37. The molecule has 2 amide bonds. The SMILES string of the molecule is Cc1ccc(Nc2cc(Nc3ccc(NC(=O)Nc4cc(C(F)(F)F)cc(C(F)(F)F)c4)cc3)nc(C)n2)cc1. The molecule has 1 aromatic heterocycles. The Kier molecular flexibility index (Phi) is 7.84. The number of nitrogens with zero attached hydrogens (tertiary/aromatic N) is 2. The van der Waals surface area contributed by atoms with Crippen LogP contribution >= 0.6 is 0 Å². The normalized spacial score (nSPS) is 11.6. The molecule has 0 aliphatic rings. The first kappa shape index (κ1) is 28.2. The summed E-state index contributed by atoms with van der Waals surface area (Å²) in [7, 11) is 0. The van der Waals surface area contributed by atoms with Crippen LogP contribution in [0, 0.1) is 13.8 Å². The number of halogens is 6. The highest BCUT2D eigenvalue weighted by molar-refractivity contribution is 6.00. The van der Waals surface area contributed by atoms with Gasteiger partial charge in [-0.2, -0.15) is 26.3 Å². The van der Waals surface area contributed by atoms with Crippen molar-refractivity contribution in [2.24, 2.45) is 0 Å². The van der Waals surface area contributed by atoms with Gasteiger partial charge in [-0.3, -0.25) is 0 Å².